The number of hydrogen-bond acceptors (Lipinski definition) is 2. The van der Waals surface area contributed by atoms with E-state index in [-0.39, 0.29) is 12.0 Å². The van der Waals surface area contributed by atoms with Gasteiger partial charge in [0, 0.05) is 5.41 Å². The standard InChI is InChI=1S/C10H17F3OS/c11-10(12,13)7-14-6-9(8-15)4-2-1-3-5-9/h15H,1-8H2. The molecule has 0 aromatic rings. The fraction of sp³-hybridized carbons (Fsp3) is 1.00. The third-order valence-electron chi connectivity index (χ3n) is 2.92. The van der Waals surface area contributed by atoms with Gasteiger partial charge in [-0.2, -0.15) is 25.8 Å². The maximum Gasteiger partial charge on any atom is 0.411 e. The molecule has 90 valence electrons. The lowest BCUT2D eigenvalue weighted by atomic mass is 9.76. The van der Waals surface area contributed by atoms with E-state index in [0.717, 1.165) is 25.7 Å². The first-order valence-electron chi connectivity index (χ1n) is 5.23. The summed E-state index contributed by atoms with van der Waals surface area (Å²) in [5.41, 5.74) is -0.118. The van der Waals surface area contributed by atoms with Crippen molar-refractivity contribution in [2.24, 2.45) is 5.41 Å². The maximum atomic E-state index is 11.9. The zero-order valence-electron chi connectivity index (χ0n) is 8.65. The zero-order chi connectivity index (χ0) is 11.4. The van der Waals surface area contributed by atoms with Gasteiger partial charge in [0.05, 0.1) is 6.61 Å². The first kappa shape index (κ1) is 13.2. The van der Waals surface area contributed by atoms with Crippen molar-refractivity contribution in [1.82, 2.24) is 0 Å². The molecule has 0 atom stereocenters. The highest BCUT2D eigenvalue weighted by Gasteiger charge is 2.33. The Hall–Kier alpha value is 0.100. The Balaban J connectivity index is 2.33. The molecule has 1 aliphatic carbocycles. The molecule has 0 aromatic heterocycles. The Kier molecular flexibility index (Phi) is 4.77. The summed E-state index contributed by atoms with van der Waals surface area (Å²) >= 11 is 4.23. The Morgan fingerprint density at radius 3 is 2.20 bits per heavy atom. The van der Waals surface area contributed by atoms with E-state index >= 15 is 0 Å². The van der Waals surface area contributed by atoms with Crippen LogP contribution in [0.3, 0.4) is 0 Å². The summed E-state index contributed by atoms with van der Waals surface area (Å²) in [6.45, 7) is -0.946. The Morgan fingerprint density at radius 2 is 1.73 bits per heavy atom. The third kappa shape index (κ3) is 4.64. The van der Waals surface area contributed by atoms with Gasteiger partial charge in [0.25, 0.3) is 0 Å². The Morgan fingerprint density at radius 1 is 1.13 bits per heavy atom. The molecular weight excluding hydrogens is 225 g/mol. The number of ether oxygens (including phenoxy) is 1. The van der Waals surface area contributed by atoms with E-state index in [2.05, 4.69) is 12.6 Å². The largest absolute Gasteiger partial charge is 0.411 e. The van der Waals surface area contributed by atoms with E-state index in [9.17, 15) is 13.2 Å². The molecular formula is C10H17F3OS. The molecule has 1 rings (SSSR count). The molecule has 0 spiro atoms. The average Bonchev–Trinajstić information content (AvgIpc) is 2.17. The second-order valence-electron chi connectivity index (χ2n) is 4.33. The molecule has 0 amide bonds. The van der Waals surface area contributed by atoms with E-state index in [1.807, 2.05) is 0 Å². The Labute approximate surface area is 93.8 Å². The first-order valence-corrected chi connectivity index (χ1v) is 5.86. The lowest BCUT2D eigenvalue weighted by molar-refractivity contribution is -0.181. The molecule has 1 aliphatic rings. The van der Waals surface area contributed by atoms with Crippen LogP contribution in [0.1, 0.15) is 32.1 Å². The van der Waals surface area contributed by atoms with Crippen LogP contribution in [0.4, 0.5) is 13.2 Å². The van der Waals surface area contributed by atoms with Crippen molar-refractivity contribution >= 4 is 12.6 Å². The molecule has 0 N–H and O–H groups in total. The molecule has 0 unspecified atom stereocenters. The maximum absolute atomic E-state index is 11.9. The third-order valence-corrected chi connectivity index (χ3v) is 3.59. The summed E-state index contributed by atoms with van der Waals surface area (Å²) in [5.74, 6) is 0.616. The van der Waals surface area contributed by atoms with E-state index < -0.39 is 12.8 Å². The van der Waals surface area contributed by atoms with Crippen molar-refractivity contribution in [3.05, 3.63) is 0 Å². The first-order chi connectivity index (χ1) is 6.97. The SMILES string of the molecule is FC(F)(F)COCC1(CS)CCCCC1. The molecule has 15 heavy (non-hydrogen) atoms. The van der Waals surface area contributed by atoms with Crippen LogP contribution >= 0.6 is 12.6 Å². The second-order valence-corrected chi connectivity index (χ2v) is 4.64. The van der Waals surface area contributed by atoms with E-state index in [4.69, 9.17) is 4.74 Å². The number of thiol groups is 1. The van der Waals surface area contributed by atoms with Crippen LogP contribution in [0.15, 0.2) is 0 Å². The number of halogens is 3. The zero-order valence-corrected chi connectivity index (χ0v) is 9.54. The summed E-state index contributed by atoms with van der Waals surface area (Å²) in [5, 5.41) is 0. The highest BCUT2D eigenvalue weighted by molar-refractivity contribution is 7.80. The van der Waals surface area contributed by atoms with Crippen LogP contribution < -0.4 is 0 Å². The minimum atomic E-state index is -4.22. The van der Waals surface area contributed by atoms with Gasteiger partial charge in [0.1, 0.15) is 6.61 Å². The minimum absolute atomic E-state index is 0.118. The van der Waals surface area contributed by atoms with Gasteiger partial charge >= 0.3 is 6.18 Å². The fourth-order valence-corrected chi connectivity index (χ4v) is 2.44. The summed E-state index contributed by atoms with van der Waals surface area (Å²) in [4.78, 5) is 0. The highest BCUT2D eigenvalue weighted by Crippen LogP contribution is 2.37. The van der Waals surface area contributed by atoms with Gasteiger partial charge in [0.2, 0.25) is 0 Å². The van der Waals surface area contributed by atoms with E-state index in [1.54, 1.807) is 0 Å². The quantitative estimate of drug-likeness (QED) is 0.743. The molecule has 1 nitrogen and oxygen atoms in total. The summed E-state index contributed by atoms with van der Waals surface area (Å²) in [7, 11) is 0. The highest BCUT2D eigenvalue weighted by atomic mass is 32.1. The predicted molar refractivity (Wildman–Crippen MR) is 56.2 cm³/mol. The van der Waals surface area contributed by atoms with E-state index in [1.165, 1.54) is 6.42 Å². The molecule has 0 radical (unpaired) electrons. The van der Waals surface area contributed by atoms with E-state index in [0.29, 0.717) is 5.75 Å². The molecule has 0 bridgehead atoms. The molecule has 0 saturated heterocycles. The van der Waals surface area contributed by atoms with Crippen LogP contribution in [-0.4, -0.2) is 25.1 Å². The second kappa shape index (κ2) is 5.43. The summed E-state index contributed by atoms with van der Waals surface area (Å²) in [6.07, 6.45) is 0.996. The lowest BCUT2D eigenvalue weighted by Gasteiger charge is -2.35. The summed E-state index contributed by atoms with van der Waals surface area (Å²) < 4.78 is 40.4. The van der Waals surface area contributed by atoms with Crippen molar-refractivity contribution in [3.8, 4) is 0 Å². The van der Waals surface area contributed by atoms with Crippen molar-refractivity contribution < 1.29 is 17.9 Å². The van der Waals surface area contributed by atoms with Crippen LogP contribution in [0.2, 0.25) is 0 Å². The smallest absolute Gasteiger partial charge is 0.371 e. The molecule has 0 aromatic carbocycles. The number of hydrogen-bond donors (Lipinski definition) is 1. The van der Waals surface area contributed by atoms with Crippen LogP contribution in [0.25, 0.3) is 0 Å². The van der Waals surface area contributed by atoms with Crippen LogP contribution in [0.5, 0.6) is 0 Å². The average molecular weight is 242 g/mol. The van der Waals surface area contributed by atoms with Crippen molar-refractivity contribution in [1.29, 1.82) is 0 Å². The predicted octanol–water partition coefficient (Wildman–Crippen LogP) is 3.45. The monoisotopic (exact) mass is 242 g/mol. The van der Waals surface area contributed by atoms with Gasteiger partial charge in [-0.3, -0.25) is 0 Å². The lowest BCUT2D eigenvalue weighted by Crippen LogP contribution is -2.33. The molecule has 0 heterocycles. The van der Waals surface area contributed by atoms with Gasteiger partial charge in [0.15, 0.2) is 0 Å². The van der Waals surface area contributed by atoms with Crippen molar-refractivity contribution in [2.45, 2.75) is 38.3 Å². The molecule has 0 aliphatic heterocycles. The van der Waals surface area contributed by atoms with Gasteiger partial charge in [-0.15, -0.1) is 0 Å². The van der Waals surface area contributed by atoms with Gasteiger partial charge < -0.3 is 4.74 Å². The number of rotatable bonds is 4. The number of alkyl halides is 3. The van der Waals surface area contributed by atoms with Crippen LogP contribution in [-0.2, 0) is 4.74 Å². The van der Waals surface area contributed by atoms with Gasteiger partial charge in [-0.25, -0.2) is 0 Å². The van der Waals surface area contributed by atoms with Crippen molar-refractivity contribution in [3.63, 3.8) is 0 Å². The van der Waals surface area contributed by atoms with Crippen LogP contribution in [0, 0.1) is 5.41 Å². The normalized spacial score (nSPS) is 21.6. The minimum Gasteiger partial charge on any atom is -0.371 e. The fourth-order valence-electron chi connectivity index (χ4n) is 2.03. The topological polar surface area (TPSA) is 9.23 Å². The van der Waals surface area contributed by atoms with Gasteiger partial charge in [-0.1, -0.05) is 19.3 Å². The van der Waals surface area contributed by atoms with Crippen molar-refractivity contribution in [2.75, 3.05) is 19.0 Å². The summed E-state index contributed by atoms with van der Waals surface area (Å²) in [6, 6.07) is 0. The molecule has 1 fully saturated rings. The van der Waals surface area contributed by atoms with Gasteiger partial charge in [-0.05, 0) is 18.6 Å². The Bertz CT molecular complexity index is 188. The molecule has 5 heteroatoms. The molecule has 1 saturated carbocycles.